The van der Waals surface area contributed by atoms with Crippen molar-refractivity contribution in [1.82, 2.24) is 9.13 Å². The highest BCUT2D eigenvalue weighted by atomic mass is 32.1. The molecule has 10 aromatic rings. The van der Waals surface area contributed by atoms with Gasteiger partial charge in [-0.2, -0.15) is 0 Å². The summed E-state index contributed by atoms with van der Waals surface area (Å²) in [5.74, 6) is 0. The molecule has 0 saturated heterocycles. The van der Waals surface area contributed by atoms with E-state index in [2.05, 4.69) is 143 Å². The van der Waals surface area contributed by atoms with Gasteiger partial charge < -0.3 is 9.13 Å². The highest BCUT2D eigenvalue weighted by Crippen LogP contribution is 2.46. The molecule has 0 fully saturated rings. The van der Waals surface area contributed by atoms with Crippen molar-refractivity contribution in [1.29, 1.82) is 0 Å². The normalized spacial score (nSPS) is 12.4. The Bertz CT molecular complexity index is 2630. The first-order valence-corrected chi connectivity index (χ1v) is 14.9. The van der Waals surface area contributed by atoms with Crippen LogP contribution in [-0.2, 0) is 0 Å². The van der Waals surface area contributed by atoms with Gasteiger partial charge in [0.2, 0.25) is 0 Å². The molecule has 0 N–H and O–H groups in total. The summed E-state index contributed by atoms with van der Waals surface area (Å²) in [7, 11) is 0. The van der Waals surface area contributed by atoms with Gasteiger partial charge in [-0.05, 0) is 71.4 Å². The molecule has 0 bridgehead atoms. The summed E-state index contributed by atoms with van der Waals surface area (Å²) in [4.78, 5) is 0. The monoisotopic (exact) mass is 538 g/mol. The number of aromatic nitrogens is 2. The van der Waals surface area contributed by atoms with E-state index >= 15 is 0 Å². The van der Waals surface area contributed by atoms with E-state index in [-0.39, 0.29) is 0 Å². The Morgan fingerprint density at radius 3 is 1.93 bits per heavy atom. The third kappa shape index (κ3) is 2.76. The van der Waals surface area contributed by atoms with Crippen LogP contribution in [0.4, 0.5) is 0 Å². The summed E-state index contributed by atoms with van der Waals surface area (Å²) in [6, 6.07) is 49.2. The predicted molar refractivity (Wildman–Crippen MR) is 177 cm³/mol. The van der Waals surface area contributed by atoms with Crippen LogP contribution in [-0.4, -0.2) is 9.13 Å². The minimum absolute atomic E-state index is 1.18. The van der Waals surface area contributed by atoms with E-state index in [4.69, 9.17) is 0 Å². The molecule has 0 unspecified atom stereocenters. The SMILES string of the molecule is c1ccc(-n2c3ccccc3c3cc(-n4c5cccc6ccc7ccc8sc9cccc4c9c8c7c65)ccc32)cc1. The van der Waals surface area contributed by atoms with Gasteiger partial charge in [-0.25, -0.2) is 0 Å². The van der Waals surface area contributed by atoms with Crippen molar-refractivity contribution in [3.05, 3.63) is 133 Å². The highest BCUT2D eigenvalue weighted by Gasteiger charge is 2.20. The second kappa shape index (κ2) is 7.75. The van der Waals surface area contributed by atoms with E-state index < -0.39 is 0 Å². The summed E-state index contributed by atoms with van der Waals surface area (Å²) in [6.45, 7) is 0. The Kier molecular flexibility index (Phi) is 4.10. The lowest BCUT2D eigenvalue weighted by Crippen LogP contribution is -1.98. The molecule has 2 nitrogen and oxygen atoms in total. The van der Waals surface area contributed by atoms with Crippen molar-refractivity contribution in [3.8, 4) is 11.4 Å². The molecular formula is C38H22N2S. The molecule has 0 atom stereocenters. The fraction of sp³-hybridized carbons (Fsp3) is 0. The van der Waals surface area contributed by atoms with Crippen molar-refractivity contribution >= 4 is 85.9 Å². The van der Waals surface area contributed by atoms with Gasteiger partial charge in [-0.1, -0.05) is 72.8 Å². The number of hydrogen-bond donors (Lipinski definition) is 0. The van der Waals surface area contributed by atoms with E-state index in [0.717, 1.165) is 0 Å². The van der Waals surface area contributed by atoms with E-state index in [1.54, 1.807) is 0 Å². The van der Waals surface area contributed by atoms with Crippen molar-refractivity contribution in [2.75, 3.05) is 0 Å². The van der Waals surface area contributed by atoms with Crippen LogP contribution in [0.15, 0.2) is 133 Å². The van der Waals surface area contributed by atoms with Crippen LogP contribution in [0.1, 0.15) is 0 Å². The van der Waals surface area contributed by atoms with Gasteiger partial charge in [0.1, 0.15) is 0 Å². The Morgan fingerprint density at radius 2 is 1.02 bits per heavy atom. The zero-order valence-corrected chi connectivity index (χ0v) is 22.8. The van der Waals surface area contributed by atoms with Gasteiger partial charge in [0.25, 0.3) is 0 Å². The van der Waals surface area contributed by atoms with Crippen molar-refractivity contribution < 1.29 is 0 Å². The maximum atomic E-state index is 2.50. The van der Waals surface area contributed by atoms with Crippen LogP contribution >= 0.6 is 11.3 Å². The van der Waals surface area contributed by atoms with Crippen LogP contribution in [0.3, 0.4) is 0 Å². The molecule has 0 amide bonds. The lowest BCUT2D eigenvalue weighted by Gasteiger charge is -2.14. The molecule has 7 aromatic carbocycles. The van der Waals surface area contributed by atoms with Gasteiger partial charge in [0.15, 0.2) is 0 Å². The van der Waals surface area contributed by atoms with Gasteiger partial charge in [0.05, 0.1) is 22.1 Å². The van der Waals surface area contributed by atoms with Gasteiger partial charge >= 0.3 is 0 Å². The number of rotatable bonds is 2. The van der Waals surface area contributed by atoms with Crippen molar-refractivity contribution in [3.63, 3.8) is 0 Å². The molecular weight excluding hydrogens is 516 g/mol. The fourth-order valence-electron chi connectivity index (χ4n) is 7.20. The minimum Gasteiger partial charge on any atom is -0.309 e. The second-order valence-electron chi connectivity index (χ2n) is 11.0. The van der Waals surface area contributed by atoms with Gasteiger partial charge in [0, 0.05) is 53.1 Å². The zero-order chi connectivity index (χ0) is 26.7. The fourth-order valence-corrected chi connectivity index (χ4v) is 8.33. The molecule has 0 aliphatic carbocycles. The second-order valence-corrected chi connectivity index (χ2v) is 12.0. The number of thiophene rings is 1. The summed E-state index contributed by atoms with van der Waals surface area (Å²) in [6.07, 6.45) is 0. The first-order valence-electron chi connectivity index (χ1n) is 14.0. The molecule has 0 aliphatic heterocycles. The quantitative estimate of drug-likeness (QED) is 0.194. The topological polar surface area (TPSA) is 9.86 Å². The molecule has 190 valence electrons. The first kappa shape index (κ1) is 21.7. The van der Waals surface area contributed by atoms with E-state index in [0.29, 0.717) is 0 Å². The minimum atomic E-state index is 1.18. The lowest BCUT2D eigenvalue weighted by molar-refractivity contribution is 1.16. The Labute approximate surface area is 239 Å². The van der Waals surface area contributed by atoms with E-state index in [1.165, 1.54) is 85.9 Å². The van der Waals surface area contributed by atoms with Crippen molar-refractivity contribution in [2.24, 2.45) is 0 Å². The van der Waals surface area contributed by atoms with Gasteiger partial charge in [-0.3, -0.25) is 0 Å². The van der Waals surface area contributed by atoms with Crippen LogP contribution in [0.2, 0.25) is 0 Å². The number of fused-ring (bicyclic) bond motifs is 3. The molecule has 3 heteroatoms. The third-order valence-corrected chi connectivity index (χ3v) is 9.97. The Morgan fingerprint density at radius 1 is 0.366 bits per heavy atom. The molecule has 3 aromatic heterocycles. The van der Waals surface area contributed by atoms with Crippen LogP contribution in [0.5, 0.6) is 0 Å². The average Bonchev–Trinajstić information content (AvgIpc) is 3.53. The smallest absolute Gasteiger partial charge is 0.0555 e. The van der Waals surface area contributed by atoms with Gasteiger partial charge in [-0.15, -0.1) is 11.3 Å². The third-order valence-electron chi connectivity index (χ3n) is 8.85. The maximum Gasteiger partial charge on any atom is 0.0555 e. The first-order chi connectivity index (χ1) is 20.3. The molecule has 41 heavy (non-hydrogen) atoms. The van der Waals surface area contributed by atoms with E-state index in [1.807, 2.05) is 11.3 Å². The number of hydrogen-bond acceptors (Lipinski definition) is 1. The Hall–Kier alpha value is -5.12. The Balaban J connectivity index is 1.42. The predicted octanol–water partition coefficient (Wildman–Crippen LogP) is 10.8. The maximum absolute atomic E-state index is 2.50. The number of nitrogens with zero attached hydrogens (tertiary/aromatic N) is 2. The largest absolute Gasteiger partial charge is 0.309 e. The van der Waals surface area contributed by atoms with Crippen LogP contribution in [0, 0.1) is 0 Å². The molecule has 3 heterocycles. The lowest BCUT2D eigenvalue weighted by atomic mass is 9.97. The molecule has 0 spiro atoms. The number of para-hydroxylation sites is 2. The van der Waals surface area contributed by atoms with Crippen LogP contribution in [0.25, 0.3) is 85.9 Å². The molecule has 0 aliphatic rings. The standard InChI is InChI=1S/C38H22N2S/c1-2-9-25(10-3-1)39-29-12-5-4-11-27(29)28-22-26(19-20-30(28)39)40-31-13-6-8-23-16-17-24-18-21-34-38(36(24)35(23)31)37-32(40)14-7-15-33(37)41-34/h1-22H. The zero-order valence-electron chi connectivity index (χ0n) is 22.0. The molecule has 10 rings (SSSR count). The van der Waals surface area contributed by atoms with Crippen molar-refractivity contribution in [2.45, 2.75) is 0 Å². The average molecular weight is 539 g/mol. The highest BCUT2D eigenvalue weighted by molar-refractivity contribution is 7.26. The molecule has 0 saturated carbocycles. The van der Waals surface area contributed by atoms with E-state index in [9.17, 15) is 0 Å². The summed E-state index contributed by atoms with van der Waals surface area (Å²) < 4.78 is 7.58. The summed E-state index contributed by atoms with van der Waals surface area (Å²) >= 11 is 1.90. The van der Waals surface area contributed by atoms with Crippen LogP contribution < -0.4 is 0 Å². The number of benzene rings is 7. The summed E-state index contributed by atoms with van der Waals surface area (Å²) in [5.41, 5.74) is 7.28. The molecule has 0 radical (unpaired) electrons. The summed E-state index contributed by atoms with van der Waals surface area (Å²) in [5, 5.41) is 10.6.